The molecule has 9 rings (SSSR count). The molecule has 5 fully saturated rings. The van der Waals surface area contributed by atoms with E-state index in [1.807, 2.05) is 30.7 Å². The summed E-state index contributed by atoms with van der Waals surface area (Å²) in [5.41, 5.74) is 4.33. The summed E-state index contributed by atoms with van der Waals surface area (Å²) >= 11 is 0. The van der Waals surface area contributed by atoms with Crippen molar-refractivity contribution in [2.75, 3.05) is 51.5 Å². The Bertz CT molecular complexity index is 1660. The fourth-order valence-corrected chi connectivity index (χ4v) is 7.53. The second-order valence-corrected chi connectivity index (χ2v) is 12.3. The molecule has 5 aliphatic rings. The van der Waals surface area contributed by atoms with Crippen LogP contribution in [0.2, 0.25) is 0 Å². The number of ether oxygens (including phenoxy) is 3. The summed E-state index contributed by atoms with van der Waals surface area (Å²) in [5.74, 6) is 2.35. The highest BCUT2D eigenvalue weighted by Gasteiger charge is 2.44. The van der Waals surface area contributed by atoms with E-state index in [1.54, 1.807) is 17.8 Å². The van der Waals surface area contributed by atoms with Gasteiger partial charge in [0.1, 0.15) is 24.2 Å². The Morgan fingerprint density at radius 2 is 1.82 bits per heavy atom. The quantitative estimate of drug-likeness (QED) is 0.287. The lowest BCUT2D eigenvalue weighted by atomic mass is 9.87. The third kappa shape index (κ3) is 4.93. The zero-order chi connectivity index (χ0) is 29.6. The molecule has 4 atom stereocenters. The van der Waals surface area contributed by atoms with Gasteiger partial charge in [0, 0.05) is 79.9 Å². The number of nitriles is 1. The van der Waals surface area contributed by atoms with Gasteiger partial charge in [0.15, 0.2) is 0 Å². The van der Waals surface area contributed by atoms with Gasteiger partial charge in [0.25, 0.3) is 0 Å². The number of piperazine rings is 1. The van der Waals surface area contributed by atoms with Gasteiger partial charge < -0.3 is 19.1 Å². The molecule has 44 heavy (non-hydrogen) atoms. The van der Waals surface area contributed by atoms with Crippen molar-refractivity contribution < 1.29 is 14.2 Å². The van der Waals surface area contributed by atoms with Crippen LogP contribution >= 0.6 is 0 Å². The zero-order valence-corrected chi connectivity index (χ0v) is 24.9. The molecule has 0 spiro atoms. The lowest BCUT2D eigenvalue weighted by Crippen LogP contribution is -2.68. The van der Waals surface area contributed by atoms with Gasteiger partial charge >= 0.3 is 0 Å². The summed E-state index contributed by atoms with van der Waals surface area (Å²) in [6.45, 7) is 5.90. The number of rotatable bonds is 9. The maximum absolute atomic E-state index is 9.80. The molecule has 11 nitrogen and oxygen atoms in total. The first kappa shape index (κ1) is 27.3. The van der Waals surface area contributed by atoms with Gasteiger partial charge in [0.05, 0.1) is 43.8 Å². The Balaban J connectivity index is 0.963. The molecule has 5 aliphatic heterocycles. The van der Waals surface area contributed by atoms with E-state index in [4.69, 9.17) is 19.2 Å². The lowest BCUT2D eigenvalue weighted by Gasteiger charge is -2.56. The Kier molecular flexibility index (Phi) is 7.05. The van der Waals surface area contributed by atoms with Crippen LogP contribution in [-0.4, -0.2) is 100 Å². The molecule has 4 aromatic rings. The second-order valence-electron chi connectivity index (χ2n) is 12.3. The Morgan fingerprint density at radius 3 is 2.52 bits per heavy atom. The number of nitrogens with zero attached hydrogens (tertiary/aromatic N) is 8. The molecular weight excluding hydrogens is 556 g/mol. The number of fused-ring (bicyclic) bond motifs is 5. The fraction of sp³-hybridized carbons (Fsp3) is 0.455. The number of hydrogen-bond donors (Lipinski definition) is 0. The van der Waals surface area contributed by atoms with Crippen molar-refractivity contribution in [3.8, 4) is 28.8 Å². The average Bonchev–Trinajstić information content (AvgIpc) is 3.58. The van der Waals surface area contributed by atoms with Gasteiger partial charge in [0.2, 0.25) is 5.88 Å². The molecular formula is C33H36N8O3. The molecule has 4 aromatic heterocycles. The van der Waals surface area contributed by atoms with Crippen molar-refractivity contribution in [3.05, 3.63) is 66.2 Å². The minimum Gasteiger partial charge on any atom is -0.491 e. The molecule has 0 aliphatic carbocycles. The highest BCUT2D eigenvalue weighted by Crippen LogP contribution is 2.37. The minimum absolute atomic E-state index is 0.503. The molecule has 4 bridgehead atoms. The number of aromatic nitrogens is 4. The van der Waals surface area contributed by atoms with Crippen LogP contribution in [0.5, 0.6) is 11.6 Å². The van der Waals surface area contributed by atoms with Crippen LogP contribution in [0.25, 0.3) is 16.6 Å². The van der Waals surface area contributed by atoms with Gasteiger partial charge in [-0.05, 0) is 43.0 Å². The number of hydrogen-bond acceptors (Lipinski definition) is 10. The normalized spacial score (nSPS) is 24.7. The summed E-state index contributed by atoms with van der Waals surface area (Å²) < 4.78 is 19.0. The summed E-state index contributed by atoms with van der Waals surface area (Å²) in [7, 11) is 1.64. The number of morpholine rings is 1. The van der Waals surface area contributed by atoms with Crippen molar-refractivity contribution in [2.24, 2.45) is 0 Å². The fourth-order valence-electron chi connectivity index (χ4n) is 7.53. The van der Waals surface area contributed by atoms with Crippen LogP contribution in [0.3, 0.4) is 0 Å². The van der Waals surface area contributed by atoms with Crippen molar-refractivity contribution in [2.45, 2.75) is 50.0 Å². The van der Waals surface area contributed by atoms with E-state index < -0.39 is 0 Å². The molecule has 11 heteroatoms. The van der Waals surface area contributed by atoms with Crippen LogP contribution in [0.4, 0.5) is 5.82 Å². The Hall–Kier alpha value is -4.24. The van der Waals surface area contributed by atoms with Crippen LogP contribution < -0.4 is 14.4 Å². The monoisotopic (exact) mass is 592 g/mol. The predicted molar refractivity (Wildman–Crippen MR) is 164 cm³/mol. The summed E-state index contributed by atoms with van der Waals surface area (Å²) in [6.07, 6.45) is 10.9. The van der Waals surface area contributed by atoms with Crippen molar-refractivity contribution in [3.63, 3.8) is 0 Å². The topological polar surface area (TPSA) is 104 Å². The number of piperidine rings is 1. The van der Waals surface area contributed by atoms with Gasteiger partial charge in [-0.2, -0.15) is 10.4 Å². The third-order valence-corrected chi connectivity index (χ3v) is 9.82. The number of methoxy groups -OCH3 is 1. The van der Waals surface area contributed by atoms with Gasteiger partial charge in [-0.3, -0.25) is 9.80 Å². The zero-order valence-electron chi connectivity index (χ0n) is 24.9. The third-order valence-electron chi connectivity index (χ3n) is 9.82. The minimum atomic E-state index is 0.503. The Morgan fingerprint density at radius 1 is 0.977 bits per heavy atom. The number of anilines is 1. The maximum atomic E-state index is 9.80. The summed E-state index contributed by atoms with van der Waals surface area (Å²) in [4.78, 5) is 16.8. The Labute approximate surface area is 256 Å². The first-order chi connectivity index (χ1) is 21.7. The smallest absolute Gasteiger partial charge is 0.212 e. The van der Waals surface area contributed by atoms with Crippen molar-refractivity contribution in [1.29, 1.82) is 5.26 Å². The van der Waals surface area contributed by atoms with Gasteiger partial charge in [-0.15, -0.1) is 0 Å². The summed E-state index contributed by atoms with van der Waals surface area (Å²) in [5, 5.41) is 14.3. The van der Waals surface area contributed by atoms with Crippen LogP contribution in [0.15, 0.2) is 55.1 Å². The first-order valence-corrected chi connectivity index (χ1v) is 15.5. The molecule has 0 aromatic carbocycles. The standard InChI is InChI=1S/C33H36N8O3/c1-42-32-7-2-22(13-36-32)16-40-27-10-28(40)18-38(17-27)31-6-3-23(14-35-31)30-11-29(19-41-33(30)24(12-34)15-37-41)44-9-8-39-25-4-5-26(39)21-43-20-25/h2-3,6-7,11,13-15,19,25-28H,4-5,8-10,16-18,20-21H2,1H3. The van der Waals surface area contributed by atoms with Crippen molar-refractivity contribution in [1.82, 2.24) is 29.4 Å². The second kappa shape index (κ2) is 11.4. The predicted octanol–water partition coefficient (Wildman–Crippen LogP) is 3.38. The van der Waals surface area contributed by atoms with Crippen LogP contribution in [0.1, 0.15) is 30.4 Å². The molecule has 0 N–H and O–H groups in total. The van der Waals surface area contributed by atoms with Gasteiger partial charge in [-0.25, -0.2) is 14.5 Å². The SMILES string of the molecule is COc1ccc(CN2C3CC2CN(c2ccc(-c4cc(OCCN5C6CCC5COC6)cn5ncc(C#N)c45)cn2)C3)cn1. The molecule has 9 heterocycles. The molecule has 0 radical (unpaired) electrons. The molecule has 226 valence electrons. The van der Waals surface area contributed by atoms with E-state index in [0.29, 0.717) is 42.2 Å². The molecule has 4 unspecified atom stereocenters. The van der Waals surface area contributed by atoms with Crippen LogP contribution in [0, 0.1) is 11.3 Å². The molecule has 0 amide bonds. The highest BCUT2D eigenvalue weighted by molar-refractivity contribution is 5.85. The van der Waals surface area contributed by atoms with Crippen molar-refractivity contribution >= 4 is 11.3 Å². The first-order valence-electron chi connectivity index (χ1n) is 15.5. The van der Waals surface area contributed by atoms with Crippen LogP contribution in [-0.2, 0) is 11.3 Å². The largest absolute Gasteiger partial charge is 0.491 e. The lowest BCUT2D eigenvalue weighted by molar-refractivity contribution is -0.0190. The van der Waals surface area contributed by atoms with E-state index in [2.05, 4.69) is 49.1 Å². The summed E-state index contributed by atoms with van der Waals surface area (Å²) in [6, 6.07) is 14.5. The van der Waals surface area contributed by atoms with E-state index in [0.717, 1.165) is 67.6 Å². The van der Waals surface area contributed by atoms with E-state index in [-0.39, 0.29) is 0 Å². The molecule has 0 saturated carbocycles. The van der Waals surface area contributed by atoms with Gasteiger partial charge in [-0.1, -0.05) is 6.07 Å². The average molecular weight is 593 g/mol. The highest BCUT2D eigenvalue weighted by atomic mass is 16.5. The van der Waals surface area contributed by atoms with E-state index in [1.165, 1.54) is 24.8 Å². The van der Waals surface area contributed by atoms with E-state index >= 15 is 0 Å². The van der Waals surface area contributed by atoms with E-state index in [9.17, 15) is 5.26 Å². The molecule has 5 saturated heterocycles. The maximum Gasteiger partial charge on any atom is 0.212 e. The number of pyridine rings is 3.